The number of carbonyl (C=O) groups is 2. The molecule has 0 radical (unpaired) electrons. The fraction of sp³-hybridized carbons (Fsp3) is 0.316. The van der Waals surface area contributed by atoms with Gasteiger partial charge in [-0.05, 0) is 25.0 Å². The number of aromatic nitrogens is 1. The Hall–Kier alpha value is -2.69. The highest BCUT2D eigenvalue weighted by Gasteiger charge is 2.29. The number of nitrogens with zero attached hydrogens (tertiary/aromatic N) is 2. The third-order valence-corrected chi connectivity index (χ3v) is 4.20. The van der Waals surface area contributed by atoms with Crippen LogP contribution in [0.3, 0.4) is 0 Å². The molecule has 0 saturated carbocycles. The van der Waals surface area contributed by atoms with Crippen molar-refractivity contribution in [2.24, 2.45) is 5.92 Å². The molecular weight excluding hydrogens is 304 g/mol. The Kier molecular flexibility index (Phi) is 5.21. The van der Waals surface area contributed by atoms with Gasteiger partial charge in [-0.15, -0.1) is 0 Å². The SMILES string of the molecule is O=C(c1ccccc1)[C@H]1CCCN(C(=O)COc2cccnc2)C1. The largest absolute Gasteiger partial charge is 0.482 e. The summed E-state index contributed by atoms with van der Waals surface area (Å²) in [5, 5.41) is 0. The number of pyridine rings is 1. The Morgan fingerprint density at radius 1 is 1.17 bits per heavy atom. The summed E-state index contributed by atoms with van der Waals surface area (Å²) in [7, 11) is 0. The molecule has 0 unspecified atom stereocenters. The summed E-state index contributed by atoms with van der Waals surface area (Å²) in [6.07, 6.45) is 4.88. The lowest BCUT2D eigenvalue weighted by Gasteiger charge is -2.32. The first-order chi connectivity index (χ1) is 11.7. The van der Waals surface area contributed by atoms with Gasteiger partial charge in [0.2, 0.25) is 0 Å². The minimum atomic E-state index is -0.136. The average molecular weight is 324 g/mol. The number of carbonyl (C=O) groups excluding carboxylic acids is 2. The second-order valence-electron chi connectivity index (χ2n) is 5.89. The van der Waals surface area contributed by atoms with E-state index in [1.165, 1.54) is 0 Å². The van der Waals surface area contributed by atoms with Crippen LogP contribution in [0.2, 0.25) is 0 Å². The molecule has 0 N–H and O–H groups in total. The number of hydrogen-bond donors (Lipinski definition) is 0. The normalized spacial score (nSPS) is 17.3. The molecule has 0 aliphatic carbocycles. The van der Waals surface area contributed by atoms with E-state index in [4.69, 9.17) is 4.74 Å². The molecule has 1 amide bonds. The van der Waals surface area contributed by atoms with Crippen molar-refractivity contribution in [2.75, 3.05) is 19.7 Å². The van der Waals surface area contributed by atoms with Gasteiger partial charge in [0, 0.05) is 30.8 Å². The third kappa shape index (κ3) is 3.98. The first-order valence-corrected chi connectivity index (χ1v) is 8.14. The van der Waals surface area contributed by atoms with Crippen LogP contribution in [-0.4, -0.2) is 41.3 Å². The number of rotatable bonds is 5. The molecule has 1 aliphatic heterocycles. The van der Waals surface area contributed by atoms with Crippen LogP contribution < -0.4 is 4.74 Å². The topological polar surface area (TPSA) is 59.5 Å². The summed E-state index contributed by atoms with van der Waals surface area (Å²) < 4.78 is 5.46. The predicted octanol–water partition coefficient (Wildman–Crippen LogP) is 2.58. The monoisotopic (exact) mass is 324 g/mol. The van der Waals surface area contributed by atoms with Gasteiger partial charge < -0.3 is 9.64 Å². The zero-order chi connectivity index (χ0) is 16.8. The number of benzene rings is 1. The molecule has 24 heavy (non-hydrogen) atoms. The predicted molar refractivity (Wildman–Crippen MR) is 89.8 cm³/mol. The van der Waals surface area contributed by atoms with Crippen LogP contribution in [-0.2, 0) is 4.79 Å². The van der Waals surface area contributed by atoms with Crippen LogP contribution in [0, 0.1) is 5.92 Å². The van der Waals surface area contributed by atoms with Gasteiger partial charge in [-0.3, -0.25) is 14.6 Å². The second-order valence-corrected chi connectivity index (χ2v) is 5.89. The van der Waals surface area contributed by atoms with Gasteiger partial charge >= 0.3 is 0 Å². The maximum absolute atomic E-state index is 12.6. The summed E-state index contributed by atoms with van der Waals surface area (Å²) >= 11 is 0. The Bertz CT molecular complexity index is 688. The first-order valence-electron chi connectivity index (χ1n) is 8.14. The Morgan fingerprint density at radius 3 is 2.75 bits per heavy atom. The van der Waals surface area contributed by atoms with Crippen LogP contribution in [0.1, 0.15) is 23.2 Å². The third-order valence-electron chi connectivity index (χ3n) is 4.20. The van der Waals surface area contributed by atoms with Crippen molar-refractivity contribution >= 4 is 11.7 Å². The highest BCUT2D eigenvalue weighted by atomic mass is 16.5. The lowest BCUT2D eigenvalue weighted by molar-refractivity contribution is -0.134. The zero-order valence-corrected chi connectivity index (χ0v) is 13.4. The maximum Gasteiger partial charge on any atom is 0.260 e. The first kappa shape index (κ1) is 16.2. The molecule has 3 rings (SSSR count). The van der Waals surface area contributed by atoms with E-state index in [9.17, 15) is 9.59 Å². The van der Waals surface area contributed by atoms with Crippen molar-refractivity contribution < 1.29 is 14.3 Å². The molecule has 0 spiro atoms. The average Bonchev–Trinajstić information content (AvgIpc) is 2.67. The molecule has 1 aromatic heterocycles. The van der Waals surface area contributed by atoms with Crippen LogP contribution in [0.15, 0.2) is 54.9 Å². The standard InChI is InChI=1S/C19H20N2O3/c22-18(14-24-17-9-4-10-20-12-17)21-11-5-8-16(13-21)19(23)15-6-2-1-3-7-15/h1-4,6-7,9-10,12,16H,5,8,11,13-14H2/t16-/m0/s1. The number of amides is 1. The number of Topliss-reactive ketones (excluding diaryl/α,β-unsaturated/α-hetero) is 1. The number of hydrogen-bond acceptors (Lipinski definition) is 4. The maximum atomic E-state index is 12.6. The molecule has 1 saturated heterocycles. The highest BCUT2D eigenvalue weighted by molar-refractivity contribution is 5.98. The van der Waals surface area contributed by atoms with E-state index in [2.05, 4.69) is 4.98 Å². The summed E-state index contributed by atoms with van der Waals surface area (Å²) in [6, 6.07) is 12.8. The van der Waals surface area contributed by atoms with E-state index in [0.717, 1.165) is 12.8 Å². The van der Waals surface area contributed by atoms with Crippen molar-refractivity contribution in [3.63, 3.8) is 0 Å². The molecule has 1 atom stereocenters. The Balaban J connectivity index is 1.57. The highest BCUT2D eigenvalue weighted by Crippen LogP contribution is 2.21. The molecule has 1 aliphatic rings. The number of piperidine rings is 1. The summed E-state index contributed by atoms with van der Waals surface area (Å²) in [5.74, 6) is 0.453. The summed E-state index contributed by atoms with van der Waals surface area (Å²) in [6.45, 7) is 1.11. The van der Waals surface area contributed by atoms with Crippen LogP contribution in [0.4, 0.5) is 0 Å². The van der Waals surface area contributed by atoms with E-state index >= 15 is 0 Å². The Morgan fingerprint density at radius 2 is 2.00 bits per heavy atom. The Labute approximate surface area is 141 Å². The second kappa shape index (κ2) is 7.73. The lowest BCUT2D eigenvalue weighted by atomic mass is 9.90. The molecule has 1 fully saturated rings. The summed E-state index contributed by atoms with van der Waals surface area (Å²) in [4.78, 5) is 30.6. The molecule has 2 heterocycles. The smallest absolute Gasteiger partial charge is 0.260 e. The van der Waals surface area contributed by atoms with Crippen molar-refractivity contribution in [2.45, 2.75) is 12.8 Å². The van der Waals surface area contributed by atoms with E-state index in [1.54, 1.807) is 29.4 Å². The van der Waals surface area contributed by atoms with Crippen molar-refractivity contribution in [1.29, 1.82) is 0 Å². The molecule has 0 bridgehead atoms. The van der Waals surface area contributed by atoms with Gasteiger partial charge in [0.05, 0.1) is 6.20 Å². The van der Waals surface area contributed by atoms with Crippen molar-refractivity contribution in [3.8, 4) is 5.75 Å². The van der Waals surface area contributed by atoms with Gasteiger partial charge in [0.1, 0.15) is 5.75 Å². The van der Waals surface area contributed by atoms with E-state index in [0.29, 0.717) is 24.4 Å². The number of ether oxygens (including phenoxy) is 1. The van der Waals surface area contributed by atoms with Gasteiger partial charge in [-0.25, -0.2) is 0 Å². The van der Waals surface area contributed by atoms with Gasteiger partial charge in [-0.1, -0.05) is 30.3 Å². The molecule has 2 aromatic rings. The molecule has 5 heteroatoms. The van der Waals surface area contributed by atoms with Crippen LogP contribution in [0.5, 0.6) is 5.75 Å². The van der Waals surface area contributed by atoms with Crippen LogP contribution >= 0.6 is 0 Å². The van der Waals surface area contributed by atoms with Crippen LogP contribution in [0.25, 0.3) is 0 Å². The number of ketones is 1. The van der Waals surface area contributed by atoms with Crippen molar-refractivity contribution in [3.05, 3.63) is 60.4 Å². The summed E-state index contributed by atoms with van der Waals surface area (Å²) in [5.41, 5.74) is 0.711. The minimum absolute atomic E-state index is 0.0298. The quantitative estimate of drug-likeness (QED) is 0.793. The lowest BCUT2D eigenvalue weighted by Crippen LogP contribution is -2.44. The molecule has 124 valence electrons. The van der Waals surface area contributed by atoms with Gasteiger partial charge in [0.15, 0.2) is 12.4 Å². The van der Waals surface area contributed by atoms with E-state index in [1.807, 2.05) is 30.3 Å². The van der Waals surface area contributed by atoms with Crippen molar-refractivity contribution in [1.82, 2.24) is 9.88 Å². The fourth-order valence-corrected chi connectivity index (χ4v) is 2.92. The fourth-order valence-electron chi connectivity index (χ4n) is 2.92. The molecule has 1 aromatic carbocycles. The van der Waals surface area contributed by atoms with E-state index < -0.39 is 0 Å². The van der Waals surface area contributed by atoms with Gasteiger partial charge in [0.25, 0.3) is 5.91 Å². The van der Waals surface area contributed by atoms with Gasteiger partial charge in [-0.2, -0.15) is 0 Å². The minimum Gasteiger partial charge on any atom is -0.482 e. The molecule has 5 nitrogen and oxygen atoms in total. The zero-order valence-electron chi connectivity index (χ0n) is 13.4. The van der Waals surface area contributed by atoms with E-state index in [-0.39, 0.29) is 24.2 Å². The molecular formula is C19H20N2O3. The number of likely N-dealkylation sites (tertiary alicyclic amines) is 1.